The highest BCUT2D eigenvalue weighted by molar-refractivity contribution is 6.24. The zero-order valence-electron chi connectivity index (χ0n) is 13.1. The standard InChI is InChI=1S/C19H20O4/c1-2-3-5-10-14-16(20)18(22)15(19(23)17(14)21)12-11-13-8-6-4-7-9-13/h4,6-9,11-12,20,23H,2-3,5,10H2,1H3/b12-11+. The molecule has 0 saturated carbocycles. The van der Waals surface area contributed by atoms with Crippen LogP contribution < -0.4 is 0 Å². The van der Waals surface area contributed by atoms with Crippen LogP contribution in [0.4, 0.5) is 0 Å². The summed E-state index contributed by atoms with van der Waals surface area (Å²) in [5.74, 6) is -2.50. The van der Waals surface area contributed by atoms with Gasteiger partial charge in [0.25, 0.3) is 0 Å². The van der Waals surface area contributed by atoms with Gasteiger partial charge in [-0.15, -0.1) is 0 Å². The number of unbranched alkanes of at least 4 members (excludes halogenated alkanes) is 2. The first-order valence-electron chi connectivity index (χ1n) is 7.74. The number of hydrogen-bond acceptors (Lipinski definition) is 4. The summed E-state index contributed by atoms with van der Waals surface area (Å²) in [6.45, 7) is 2.02. The van der Waals surface area contributed by atoms with Crippen LogP contribution in [0.15, 0.2) is 59.1 Å². The molecule has 0 radical (unpaired) electrons. The van der Waals surface area contributed by atoms with Gasteiger partial charge < -0.3 is 10.2 Å². The van der Waals surface area contributed by atoms with Gasteiger partial charge in [0.2, 0.25) is 11.6 Å². The molecule has 0 bridgehead atoms. The van der Waals surface area contributed by atoms with Crippen LogP contribution in [-0.2, 0) is 9.59 Å². The number of hydrogen-bond donors (Lipinski definition) is 2. The molecule has 0 heterocycles. The van der Waals surface area contributed by atoms with E-state index in [-0.39, 0.29) is 11.1 Å². The number of Topliss-reactive ketones (excluding diaryl/α,β-unsaturated/α-hetero) is 2. The molecule has 0 fully saturated rings. The average Bonchev–Trinajstić information content (AvgIpc) is 2.57. The molecule has 2 rings (SSSR count). The van der Waals surface area contributed by atoms with Crippen molar-refractivity contribution in [1.29, 1.82) is 0 Å². The topological polar surface area (TPSA) is 74.6 Å². The summed E-state index contributed by atoms with van der Waals surface area (Å²) in [6, 6.07) is 9.20. The van der Waals surface area contributed by atoms with E-state index in [0.717, 1.165) is 18.4 Å². The molecule has 2 N–H and O–H groups in total. The molecule has 4 heteroatoms. The second-order valence-corrected chi connectivity index (χ2v) is 5.45. The van der Waals surface area contributed by atoms with Crippen molar-refractivity contribution in [2.24, 2.45) is 0 Å². The third kappa shape index (κ3) is 3.77. The first-order valence-corrected chi connectivity index (χ1v) is 7.74. The maximum absolute atomic E-state index is 12.2. The Bertz CT molecular complexity index is 693. The van der Waals surface area contributed by atoms with Crippen molar-refractivity contribution in [3.05, 3.63) is 64.6 Å². The summed E-state index contributed by atoms with van der Waals surface area (Å²) >= 11 is 0. The SMILES string of the molecule is CCCCCC1=C(O)C(=O)C(/C=C/c2ccccc2)=C(O)C1=O. The van der Waals surface area contributed by atoms with Gasteiger partial charge in [-0.25, -0.2) is 0 Å². The molecule has 120 valence electrons. The van der Waals surface area contributed by atoms with Gasteiger partial charge in [-0.3, -0.25) is 9.59 Å². The predicted molar refractivity (Wildman–Crippen MR) is 88.9 cm³/mol. The molecule has 0 spiro atoms. The van der Waals surface area contributed by atoms with Crippen molar-refractivity contribution in [3.63, 3.8) is 0 Å². The Labute approximate surface area is 135 Å². The van der Waals surface area contributed by atoms with Gasteiger partial charge in [-0.1, -0.05) is 56.2 Å². The first kappa shape index (κ1) is 16.7. The minimum absolute atomic E-state index is 0.0119. The number of aliphatic hydroxyl groups excluding tert-OH is 2. The first-order chi connectivity index (χ1) is 11.1. The summed E-state index contributed by atoms with van der Waals surface area (Å²) in [6.07, 6.45) is 5.82. The third-order valence-electron chi connectivity index (χ3n) is 3.76. The van der Waals surface area contributed by atoms with Gasteiger partial charge in [0.05, 0.1) is 5.57 Å². The van der Waals surface area contributed by atoms with Gasteiger partial charge in [-0.05, 0) is 24.5 Å². The molecule has 0 unspecified atom stereocenters. The van der Waals surface area contributed by atoms with Gasteiger partial charge in [0, 0.05) is 5.57 Å². The van der Waals surface area contributed by atoms with Gasteiger partial charge in [0.1, 0.15) is 0 Å². The van der Waals surface area contributed by atoms with Crippen molar-refractivity contribution in [3.8, 4) is 0 Å². The van der Waals surface area contributed by atoms with Gasteiger partial charge in [-0.2, -0.15) is 0 Å². The number of aliphatic hydroxyl groups is 2. The van der Waals surface area contributed by atoms with Crippen molar-refractivity contribution in [2.45, 2.75) is 32.6 Å². The smallest absolute Gasteiger partial charge is 0.231 e. The van der Waals surface area contributed by atoms with E-state index < -0.39 is 23.1 Å². The lowest BCUT2D eigenvalue weighted by molar-refractivity contribution is -0.119. The van der Waals surface area contributed by atoms with Gasteiger partial charge >= 0.3 is 0 Å². The highest BCUT2D eigenvalue weighted by atomic mass is 16.3. The van der Waals surface area contributed by atoms with E-state index in [9.17, 15) is 19.8 Å². The van der Waals surface area contributed by atoms with Crippen LogP contribution in [0.2, 0.25) is 0 Å². The minimum atomic E-state index is -0.708. The number of allylic oxidation sites excluding steroid dienone is 3. The van der Waals surface area contributed by atoms with E-state index in [1.165, 1.54) is 6.08 Å². The van der Waals surface area contributed by atoms with Crippen LogP contribution >= 0.6 is 0 Å². The van der Waals surface area contributed by atoms with E-state index in [0.29, 0.717) is 12.8 Å². The Hall–Kier alpha value is -2.62. The fraction of sp³-hybridized carbons (Fsp3) is 0.263. The summed E-state index contributed by atoms with van der Waals surface area (Å²) < 4.78 is 0. The van der Waals surface area contributed by atoms with Crippen LogP contribution in [-0.4, -0.2) is 21.8 Å². The molecule has 1 aromatic rings. The van der Waals surface area contributed by atoms with Crippen LogP contribution in [0.3, 0.4) is 0 Å². The summed E-state index contributed by atoms with van der Waals surface area (Å²) in [5.41, 5.74) is 0.665. The number of ketones is 2. The molecule has 0 aromatic heterocycles. The van der Waals surface area contributed by atoms with E-state index in [1.807, 2.05) is 37.3 Å². The molecule has 1 aromatic carbocycles. The highest BCUT2D eigenvalue weighted by Crippen LogP contribution is 2.27. The normalized spacial score (nSPS) is 15.9. The Morgan fingerprint density at radius 1 is 0.913 bits per heavy atom. The summed E-state index contributed by atoms with van der Waals surface area (Å²) in [5, 5.41) is 20.1. The molecule has 0 aliphatic heterocycles. The van der Waals surface area contributed by atoms with Crippen LogP contribution in [0, 0.1) is 0 Å². The number of rotatable bonds is 6. The van der Waals surface area contributed by atoms with E-state index in [1.54, 1.807) is 6.08 Å². The summed E-state index contributed by atoms with van der Waals surface area (Å²) in [4.78, 5) is 24.4. The molecule has 4 nitrogen and oxygen atoms in total. The van der Waals surface area contributed by atoms with Crippen LogP contribution in [0.5, 0.6) is 0 Å². The third-order valence-corrected chi connectivity index (χ3v) is 3.76. The molecule has 23 heavy (non-hydrogen) atoms. The summed E-state index contributed by atoms with van der Waals surface area (Å²) in [7, 11) is 0. The Morgan fingerprint density at radius 2 is 1.61 bits per heavy atom. The minimum Gasteiger partial charge on any atom is -0.504 e. The van der Waals surface area contributed by atoms with Crippen molar-refractivity contribution in [1.82, 2.24) is 0 Å². The predicted octanol–water partition coefficient (Wildman–Crippen LogP) is 4.06. The van der Waals surface area contributed by atoms with Crippen molar-refractivity contribution < 1.29 is 19.8 Å². The van der Waals surface area contributed by atoms with E-state index >= 15 is 0 Å². The zero-order valence-corrected chi connectivity index (χ0v) is 13.1. The van der Waals surface area contributed by atoms with Crippen LogP contribution in [0.1, 0.15) is 38.2 Å². The molecule has 1 aliphatic rings. The molecule has 1 aliphatic carbocycles. The second kappa shape index (κ2) is 7.58. The number of benzene rings is 1. The Kier molecular flexibility index (Phi) is 5.52. The number of carbonyl (C=O) groups excluding carboxylic acids is 2. The Balaban J connectivity index is 2.24. The van der Waals surface area contributed by atoms with E-state index in [2.05, 4.69) is 0 Å². The quantitative estimate of drug-likeness (QED) is 0.613. The molecular weight excluding hydrogens is 292 g/mol. The number of carbonyl (C=O) groups is 2. The lowest BCUT2D eigenvalue weighted by atomic mass is 9.90. The molecule has 0 atom stereocenters. The van der Waals surface area contributed by atoms with Gasteiger partial charge in [0.15, 0.2) is 11.5 Å². The maximum atomic E-state index is 12.2. The van der Waals surface area contributed by atoms with Crippen molar-refractivity contribution >= 4 is 17.6 Å². The lowest BCUT2D eigenvalue weighted by Crippen LogP contribution is -2.23. The van der Waals surface area contributed by atoms with Crippen molar-refractivity contribution in [2.75, 3.05) is 0 Å². The molecule has 0 saturated heterocycles. The van der Waals surface area contributed by atoms with Crippen LogP contribution in [0.25, 0.3) is 6.08 Å². The second-order valence-electron chi connectivity index (χ2n) is 5.45. The zero-order chi connectivity index (χ0) is 16.8. The highest BCUT2D eigenvalue weighted by Gasteiger charge is 2.33. The maximum Gasteiger partial charge on any atom is 0.231 e. The monoisotopic (exact) mass is 312 g/mol. The fourth-order valence-corrected chi connectivity index (χ4v) is 2.43. The average molecular weight is 312 g/mol. The fourth-order valence-electron chi connectivity index (χ4n) is 2.43. The molecule has 0 amide bonds. The Morgan fingerprint density at radius 3 is 2.26 bits per heavy atom. The van der Waals surface area contributed by atoms with E-state index in [4.69, 9.17) is 0 Å². The molecular formula is C19H20O4. The lowest BCUT2D eigenvalue weighted by Gasteiger charge is -2.16. The largest absolute Gasteiger partial charge is 0.504 e.